The third-order valence-corrected chi connectivity index (χ3v) is 3.67. The van der Waals surface area contributed by atoms with Crippen molar-refractivity contribution in [1.29, 1.82) is 0 Å². The van der Waals surface area contributed by atoms with Gasteiger partial charge in [-0.15, -0.1) is 0 Å². The summed E-state index contributed by atoms with van der Waals surface area (Å²) in [6.07, 6.45) is 3.54. The summed E-state index contributed by atoms with van der Waals surface area (Å²) in [6.45, 7) is 4.68. The van der Waals surface area contributed by atoms with E-state index in [9.17, 15) is 0 Å². The summed E-state index contributed by atoms with van der Waals surface area (Å²) in [6, 6.07) is 9.85. The van der Waals surface area contributed by atoms with Gasteiger partial charge in [-0.3, -0.25) is 4.98 Å². The van der Waals surface area contributed by atoms with Gasteiger partial charge in [0, 0.05) is 44.6 Å². The van der Waals surface area contributed by atoms with Gasteiger partial charge in [0.25, 0.3) is 0 Å². The Kier molecular flexibility index (Phi) is 4.31. The van der Waals surface area contributed by atoms with Crippen LogP contribution in [0.4, 0.5) is 5.82 Å². The molecule has 0 saturated carbocycles. The van der Waals surface area contributed by atoms with Crippen LogP contribution in [0, 0.1) is 0 Å². The van der Waals surface area contributed by atoms with Crippen LogP contribution in [0.25, 0.3) is 0 Å². The minimum atomic E-state index is 0.516. The van der Waals surface area contributed by atoms with Crippen LogP contribution < -0.4 is 9.64 Å². The van der Waals surface area contributed by atoms with Crippen LogP contribution in [-0.2, 0) is 6.61 Å². The molecule has 1 saturated heterocycles. The van der Waals surface area contributed by atoms with Crippen LogP contribution in [0.2, 0.25) is 0 Å². The highest BCUT2D eigenvalue weighted by Crippen LogP contribution is 2.18. The quantitative estimate of drug-likeness (QED) is 0.856. The number of hydrogen-bond acceptors (Lipinski definition) is 5. The minimum Gasteiger partial charge on any atom is -0.473 e. The Morgan fingerprint density at radius 3 is 2.57 bits per heavy atom. The van der Waals surface area contributed by atoms with E-state index in [4.69, 9.17) is 4.74 Å². The van der Waals surface area contributed by atoms with E-state index in [1.807, 2.05) is 30.3 Å². The van der Waals surface area contributed by atoms with Gasteiger partial charge in [0.05, 0.1) is 0 Å². The van der Waals surface area contributed by atoms with Gasteiger partial charge in [0.15, 0.2) is 0 Å². The number of nitrogens with zero attached hydrogens (tertiary/aromatic N) is 4. The Bertz CT molecular complexity index is 567. The summed E-state index contributed by atoms with van der Waals surface area (Å²) in [4.78, 5) is 13.2. The fourth-order valence-corrected chi connectivity index (χ4v) is 2.33. The van der Waals surface area contributed by atoms with Gasteiger partial charge < -0.3 is 14.5 Å². The Morgan fingerprint density at radius 2 is 1.81 bits per heavy atom. The van der Waals surface area contributed by atoms with Crippen molar-refractivity contribution in [2.24, 2.45) is 0 Å². The van der Waals surface area contributed by atoms with Crippen molar-refractivity contribution >= 4 is 5.82 Å². The number of aromatic nitrogens is 2. The molecule has 0 aromatic carbocycles. The molecule has 0 amide bonds. The molecule has 1 aliphatic rings. The zero-order chi connectivity index (χ0) is 14.5. The first kappa shape index (κ1) is 13.8. The molecule has 21 heavy (non-hydrogen) atoms. The normalized spacial score (nSPS) is 16.0. The van der Waals surface area contributed by atoms with E-state index in [1.54, 1.807) is 12.4 Å². The average molecular weight is 284 g/mol. The van der Waals surface area contributed by atoms with Crippen molar-refractivity contribution < 1.29 is 4.74 Å². The zero-order valence-corrected chi connectivity index (χ0v) is 12.3. The van der Waals surface area contributed by atoms with Crippen molar-refractivity contribution in [3.63, 3.8) is 0 Å². The number of anilines is 1. The zero-order valence-electron chi connectivity index (χ0n) is 12.3. The van der Waals surface area contributed by atoms with Crippen molar-refractivity contribution in [2.75, 3.05) is 38.1 Å². The van der Waals surface area contributed by atoms with E-state index in [1.165, 1.54) is 0 Å². The van der Waals surface area contributed by atoms with E-state index < -0.39 is 0 Å². The molecule has 2 aromatic heterocycles. The largest absolute Gasteiger partial charge is 0.473 e. The van der Waals surface area contributed by atoms with Gasteiger partial charge >= 0.3 is 0 Å². The molecule has 3 rings (SSSR count). The third kappa shape index (κ3) is 3.70. The smallest absolute Gasteiger partial charge is 0.215 e. The Morgan fingerprint density at radius 1 is 1.05 bits per heavy atom. The van der Waals surface area contributed by atoms with Gasteiger partial charge in [-0.25, -0.2) is 0 Å². The Balaban J connectivity index is 1.63. The summed E-state index contributed by atoms with van der Waals surface area (Å²) in [7, 11) is 2.15. The first-order valence-electron chi connectivity index (χ1n) is 7.23. The highest BCUT2D eigenvalue weighted by molar-refractivity contribution is 5.41. The van der Waals surface area contributed by atoms with Gasteiger partial charge in [-0.05, 0) is 30.8 Å². The molecular formula is C16H20N4O. The molecule has 2 aromatic rings. The molecule has 5 nitrogen and oxygen atoms in total. The van der Waals surface area contributed by atoms with E-state index in [-0.39, 0.29) is 0 Å². The van der Waals surface area contributed by atoms with Crippen molar-refractivity contribution in [2.45, 2.75) is 6.61 Å². The minimum absolute atomic E-state index is 0.516. The summed E-state index contributed by atoms with van der Waals surface area (Å²) >= 11 is 0. The number of ether oxygens (including phenoxy) is 1. The van der Waals surface area contributed by atoms with E-state index >= 15 is 0 Å². The second kappa shape index (κ2) is 6.54. The van der Waals surface area contributed by atoms with Crippen LogP contribution in [0.5, 0.6) is 5.88 Å². The number of rotatable bonds is 4. The van der Waals surface area contributed by atoms with E-state index in [2.05, 4.69) is 26.8 Å². The van der Waals surface area contributed by atoms with Crippen LogP contribution in [0.3, 0.4) is 0 Å². The maximum Gasteiger partial charge on any atom is 0.215 e. The molecule has 0 unspecified atom stereocenters. The van der Waals surface area contributed by atoms with Crippen molar-refractivity contribution in [1.82, 2.24) is 14.9 Å². The molecule has 1 aliphatic heterocycles. The molecule has 1 fully saturated rings. The third-order valence-electron chi connectivity index (χ3n) is 3.67. The Labute approximate surface area is 125 Å². The highest BCUT2D eigenvalue weighted by atomic mass is 16.5. The fourth-order valence-electron chi connectivity index (χ4n) is 2.33. The van der Waals surface area contributed by atoms with Crippen molar-refractivity contribution in [3.05, 3.63) is 48.3 Å². The predicted molar refractivity (Wildman–Crippen MR) is 82.5 cm³/mol. The lowest BCUT2D eigenvalue weighted by Gasteiger charge is -2.33. The molecule has 0 N–H and O–H groups in total. The van der Waals surface area contributed by atoms with Crippen LogP contribution in [0.1, 0.15) is 5.56 Å². The molecule has 0 aliphatic carbocycles. The van der Waals surface area contributed by atoms with Crippen LogP contribution >= 0.6 is 0 Å². The first-order chi connectivity index (χ1) is 10.3. The van der Waals surface area contributed by atoms with Crippen LogP contribution in [-0.4, -0.2) is 48.1 Å². The number of piperazine rings is 1. The molecule has 0 spiro atoms. The lowest BCUT2D eigenvalue weighted by Crippen LogP contribution is -2.44. The summed E-state index contributed by atoms with van der Waals surface area (Å²) in [5.74, 6) is 1.67. The van der Waals surface area contributed by atoms with Crippen molar-refractivity contribution in [3.8, 4) is 5.88 Å². The van der Waals surface area contributed by atoms with Gasteiger partial charge in [-0.2, -0.15) is 4.98 Å². The summed E-state index contributed by atoms with van der Waals surface area (Å²) in [5, 5.41) is 0. The first-order valence-corrected chi connectivity index (χ1v) is 7.23. The average Bonchev–Trinajstić information content (AvgIpc) is 2.55. The van der Waals surface area contributed by atoms with Gasteiger partial charge in [0.1, 0.15) is 12.4 Å². The second-order valence-corrected chi connectivity index (χ2v) is 5.27. The standard InChI is InChI=1S/C16H20N4O/c1-19-9-11-20(12-10-19)15-3-2-4-16(18-15)21-13-14-5-7-17-8-6-14/h2-8H,9-13H2,1H3. The number of pyridine rings is 2. The molecule has 3 heterocycles. The molecule has 5 heteroatoms. The molecule has 0 bridgehead atoms. The maximum atomic E-state index is 5.77. The van der Waals surface area contributed by atoms with Gasteiger partial charge in [0.2, 0.25) is 5.88 Å². The fraction of sp³-hybridized carbons (Fsp3) is 0.375. The lowest BCUT2D eigenvalue weighted by atomic mass is 10.3. The summed E-state index contributed by atoms with van der Waals surface area (Å²) in [5.41, 5.74) is 1.09. The monoisotopic (exact) mass is 284 g/mol. The number of hydrogen-bond donors (Lipinski definition) is 0. The maximum absolute atomic E-state index is 5.77. The molecule has 0 radical (unpaired) electrons. The van der Waals surface area contributed by atoms with E-state index in [0.717, 1.165) is 37.6 Å². The topological polar surface area (TPSA) is 41.5 Å². The molecule has 0 atom stereocenters. The number of likely N-dealkylation sites (N-methyl/N-ethyl adjacent to an activating group) is 1. The van der Waals surface area contributed by atoms with Crippen LogP contribution in [0.15, 0.2) is 42.7 Å². The molecule has 110 valence electrons. The highest BCUT2D eigenvalue weighted by Gasteiger charge is 2.15. The Hall–Kier alpha value is -2.14. The molecular weight excluding hydrogens is 264 g/mol. The predicted octanol–water partition coefficient (Wildman–Crippen LogP) is 1.81. The second-order valence-electron chi connectivity index (χ2n) is 5.27. The summed E-state index contributed by atoms with van der Waals surface area (Å²) < 4.78 is 5.77. The SMILES string of the molecule is CN1CCN(c2cccc(OCc3ccncc3)n2)CC1. The van der Waals surface area contributed by atoms with E-state index in [0.29, 0.717) is 12.5 Å². The lowest BCUT2D eigenvalue weighted by molar-refractivity contribution is 0.291. The van der Waals surface area contributed by atoms with Gasteiger partial charge in [-0.1, -0.05) is 6.07 Å².